The molecule has 0 spiro atoms. The molecular weight excluding hydrogens is 324 g/mol. The van der Waals surface area contributed by atoms with E-state index in [1.165, 1.54) is 0 Å². The van der Waals surface area contributed by atoms with Gasteiger partial charge in [0.25, 0.3) is 0 Å². The Morgan fingerprint density at radius 1 is 1.53 bits per heavy atom. The van der Waals surface area contributed by atoms with Gasteiger partial charge < -0.3 is 9.64 Å². The topological polar surface area (TPSA) is 25.4 Å². The number of pyridine rings is 1. The van der Waals surface area contributed by atoms with Crippen molar-refractivity contribution in [1.82, 2.24) is 4.98 Å². The Balaban J connectivity index is 2.53. The van der Waals surface area contributed by atoms with Gasteiger partial charge in [-0.05, 0) is 28.1 Å². The van der Waals surface area contributed by atoms with Crippen LogP contribution in [0.4, 0.5) is 5.82 Å². The second-order valence-corrected chi connectivity index (χ2v) is 5.48. The molecule has 0 aromatic carbocycles. The molecule has 0 bridgehead atoms. The van der Waals surface area contributed by atoms with Crippen LogP contribution in [0.3, 0.4) is 0 Å². The number of ether oxygens (including phenoxy) is 1. The van der Waals surface area contributed by atoms with Crippen LogP contribution in [0.5, 0.6) is 0 Å². The number of alkyl halides is 1. The van der Waals surface area contributed by atoms with Crippen LogP contribution in [0, 0.1) is 0 Å². The summed E-state index contributed by atoms with van der Waals surface area (Å²) < 4.78 is 6.05. The monoisotopic (exact) mass is 336 g/mol. The lowest BCUT2D eigenvalue weighted by Crippen LogP contribution is -2.28. The molecule has 0 aliphatic rings. The zero-order chi connectivity index (χ0) is 11.3. The number of rotatable bonds is 5. The van der Waals surface area contributed by atoms with Crippen LogP contribution in [0.15, 0.2) is 22.8 Å². The van der Waals surface area contributed by atoms with Crippen molar-refractivity contribution >= 4 is 37.7 Å². The summed E-state index contributed by atoms with van der Waals surface area (Å²) in [4.78, 5) is 6.71. The van der Waals surface area contributed by atoms with E-state index in [0.717, 1.165) is 16.8 Å². The summed E-state index contributed by atoms with van der Waals surface area (Å²) in [5.41, 5.74) is 0. The molecule has 84 valence electrons. The number of hydrogen-bond donors (Lipinski definition) is 0. The molecule has 0 saturated heterocycles. The first-order valence-electron chi connectivity index (χ1n) is 4.59. The SMILES string of the molecule is COCC(Br)CN(C)c1ccc(Br)cn1. The lowest BCUT2D eigenvalue weighted by Gasteiger charge is -2.21. The zero-order valence-corrected chi connectivity index (χ0v) is 12.0. The molecule has 15 heavy (non-hydrogen) atoms. The van der Waals surface area contributed by atoms with Crippen LogP contribution in [0.1, 0.15) is 0 Å². The van der Waals surface area contributed by atoms with Crippen LogP contribution in [0.25, 0.3) is 0 Å². The standard InChI is InChI=1S/C10H14Br2N2O/c1-14(6-9(12)7-15-2)10-4-3-8(11)5-13-10/h3-5,9H,6-7H2,1-2H3. The Hall–Kier alpha value is -0.130. The van der Waals surface area contributed by atoms with Gasteiger partial charge >= 0.3 is 0 Å². The van der Waals surface area contributed by atoms with Crippen LogP contribution in [0.2, 0.25) is 0 Å². The molecular formula is C10H14Br2N2O. The molecule has 1 atom stereocenters. The highest BCUT2D eigenvalue weighted by molar-refractivity contribution is 9.10. The number of methoxy groups -OCH3 is 1. The first-order chi connectivity index (χ1) is 7.13. The van der Waals surface area contributed by atoms with E-state index in [9.17, 15) is 0 Å². The van der Waals surface area contributed by atoms with Gasteiger partial charge in [-0.2, -0.15) is 0 Å². The highest BCUT2D eigenvalue weighted by Crippen LogP contribution is 2.14. The van der Waals surface area contributed by atoms with Gasteiger partial charge in [-0.15, -0.1) is 0 Å². The number of hydrogen-bond acceptors (Lipinski definition) is 3. The summed E-state index contributed by atoms with van der Waals surface area (Å²) in [6.45, 7) is 1.56. The third kappa shape index (κ3) is 4.49. The van der Waals surface area contributed by atoms with Crippen molar-refractivity contribution in [2.75, 3.05) is 32.2 Å². The van der Waals surface area contributed by atoms with Crippen LogP contribution >= 0.6 is 31.9 Å². The fourth-order valence-electron chi connectivity index (χ4n) is 1.22. The van der Waals surface area contributed by atoms with Gasteiger partial charge in [0.05, 0.1) is 11.4 Å². The van der Waals surface area contributed by atoms with E-state index < -0.39 is 0 Å². The fraction of sp³-hybridized carbons (Fsp3) is 0.500. The van der Waals surface area contributed by atoms with Gasteiger partial charge in [-0.25, -0.2) is 4.98 Å². The molecule has 1 aromatic heterocycles. The largest absolute Gasteiger partial charge is 0.383 e. The highest BCUT2D eigenvalue weighted by Gasteiger charge is 2.09. The first-order valence-corrected chi connectivity index (χ1v) is 6.30. The molecule has 0 amide bonds. The molecule has 0 aliphatic heterocycles. The number of halogens is 2. The Labute approximate surface area is 107 Å². The molecule has 0 saturated carbocycles. The van der Waals surface area contributed by atoms with E-state index in [-0.39, 0.29) is 0 Å². The van der Waals surface area contributed by atoms with E-state index in [0.29, 0.717) is 11.4 Å². The van der Waals surface area contributed by atoms with Crippen molar-refractivity contribution < 1.29 is 4.74 Å². The number of aromatic nitrogens is 1. The van der Waals surface area contributed by atoms with Gasteiger partial charge in [0.1, 0.15) is 5.82 Å². The predicted molar refractivity (Wildman–Crippen MR) is 69.8 cm³/mol. The first kappa shape index (κ1) is 12.9. The predicted octanol–water partition coefficient (Wildman–Crippen LogP) is 2.69. The summed E-state index contributed by atoms with van der Waals surface area (Å²) in [6.07, 6.45) is 1.80. The van der Waals surface area contributed by atoms with Gasteiger partial charge in [-0.1, -0.05) is 15.9 Å². The normalized spacial score (nSPS) is 12.5. The molecule has 0 fully saturated rings. The molecule has 3 nitrogen and oxygen atoms in total. The molecule has 0 radical (unpaired) electrons. The second kappa shape index (κ2) is 6.45. The van der Waals surface area contributed by atoms with Crippen molar-refractivity contribution in [3.8, 4) is 0 Å². The Morgan fingerprint density at radius 3 is 2.80 bits per heavy atom. The van der Waals surface area contributed by atoms with Gasteiger partial charge in [-0.3, -0.25) is 0 Å². The van der Waals surface area contributed by atoms with Crippen molar-refractivity contribution in [2.24, 2.45) is 0 Å². The van der Waals surface area contributed by atoms with E-state index in [1.807, 2.05) is 19.2 Å². The Bertz CT molecular complexity index is 292. The maximum absolute atomic E-state index is 5.06. The van der Waals surface area contributed by atoms with Crippen LogP contribution < -0.4 is 4.90 Å². The maximum atomic E-state index is 5.06. The maximum Gasteiger partial charge on any atom is 0.128 e. The van der Waals surface area contributed by atoms with Crippen LogP contribution in [-0.4, -0.2) is 37.1 Å². The quantitative estimate of drug-likeness (QED) is 0.772. The number of anilines is 1. The fourth-order valence-corrected chi connectivity index (χ4v) is 2.15. The van der Waals surface area contributed by atoms with E-state index in [2.05, 4.69) is 41.7 Å². The summed E-state index contributed by atoms with van der Waals surface area (Å²) >= 11 is 6.91. The molecule has 0 N–H and O–H groups in total. The summed E-state index contributed by atoms with van der Waals surface area (Å²) in [6, 6.07) is 3.97. The average Bonchev–Trinajstić information content (AvgIpc) is 2.18. The summed E-state index contributed by atoms with van der Waals surface area (Å²) in [7, 11) is 3.71. The minimum Gasteiger partial charge on any atom is -0.383 e. The van der Waals surface area contributed by atoms with Crippen molar-refractivity contribution in [1.29, 1.82) is 0 Å². The van der Waals surface area contributed by atoms with Gasteiger partial charge in [0.15, 0.2) is 0 Å². The third-order valence-corrected chi connectivity index (χ3v) is 2.95. The summed E-state index contributed by atoms with van der Waals surface area (Å²) in [5.74, 6) is 0.957. The van der Waals surface area contributed by atoms with E-state index in [4.69, 9.17) is 4.74 Å². The lowest BCUT2D eigenvalue weighted by atomic mass is 10.4. The molecule has 1 rings (SSSR count). The highest BCUT2D eigenvalue weighted by atomic mass is 79.9. The second-order valence-electron chi connectivity index (χ2n) is 3.27. The molecule has 5 heteroatoms. The Morgan fingerprint density at radius 2 is 2.27 bits per heavy atom. The Kier molecular flexibility index (Phi) is 5.56. The van der Waals surface area contributed by atoms with Crippen LogP contribution in [-0.2, 0) is 4.74 Å². The summed E-state index contributed by atoms with van der Waals surface area (Å²) in [5, 5.41) is 0. The third-order valence-electron chi connectivity index (χ3n) is 1.92. The smallest absolute Gasteiger partial charge is 0.128 e. The van der Waals surface area contributed by atoms with Crippen molar-refractivity contribution in [2.45, 2.75) is 4.83 Å². The van der Waals surface area contributed by atoms with Crippen molar-refractivity contribution in [3.63, 3.8) is 0 Å². The molecule has 1 heterocycles. The minimum absolute atomic E-state index is 0.318. The molecule has 1 aromatic rings. The number of nitrogens with zero attached hydrogens (tertiary/aromatic N) is 2. The van der Waals surface area contributed by atoms with Gasteiger partial charge in [0.2, 0.25) is 0 Å². The molecule has 0 aliphatic carbocycles. The zero-order valence-electron chi connectivity index (χ0n) is 8.78. The average molecular weight is 338 g/mol. The van der Waals surface area contributed by atoms with E-state index in [1.54, 1.807) is 13.3 Å². The molecule has 1 unspecified atom stereocenters. The lowest BCUT2D eigenvalue weighted by molar-refractivity contribution is 0.201. The van der Waals surface area contributed by atoms with Gasteiger partial charge in [0, 0.05) is 31.4 Å². The van der Waals surface area contributed by atoms with E-state index >= 15 is 0 Å². The van der Waals surface area contributed by atoms with Crippen molar-refractivity contribution in [3.05, 3.63) is 22.8 Å². The minimum atomic E-state index is 0.318.